The standard InChI is InChI=1S/C19H17Cl2N3O2/c1-8-4-9(2-3-22-8)14-15(17-12-6-11(12)16(14)26-17)19(25)24-10-5-13(20)18(21)23-7-10/h2-5,7,11-12,14-17H,6H2,1H3,(H,24,25). The second kappa shape index (κ2) is 5.91. The van der Waals surface area contributed by atoms with E-state index in [0.29, 0.717) is 22.5 Å². The van der Waals surface area contributed by atoms with E-state index < -0.39 is 0 Å². The van der Waals surface area contributed by atoms with Crippen LogP contribution in [-0.2, 0) is 9.53 Å². The van der Waals surface area contributed by atoms with Gasteiger partial charge in [0.05, 0.1) is 35.0 Å². The highest BCUT2D eigenvalue weighted by Crippen LogP contribution is 2.65. The number of rotatable bonds is 3. The molecule has 3 fully saturated rings. The monoisotopic (exact) mass is 389 g/mol. The molecule has 0 aromatic carbocycles. The summed E-state index contributed by atoms with van der Waals surface area (Å²) >= 11 is 11.9. The van der Waals surface area contributed by atoms with E-state index in [1.54, 1.807) is 12.3 Å². The zero-order chi connectivity index (χ0) is 18.0. The predicted octanol–water partition coefficient (Wildman–Crippen LogP) is 3.85. The molecule has 6 atom stereocenters. The van der Waals surface area contributed by atoms with Gasteiger partial charge in [-0.2, -0.15) is 0 Å². The van der Waals surface area contributed by atoms with Crippen LogP contribution in [0.5, 0.6) is 0 Å². The molecular weight excluding hydrogens is 373 g/mol. The highest BCUT2D eigenvalue weighted by molar-refractivity contribution is 6.41. The van der Waals surface area contributed by atoms with E-state index in [2.05, 4.69) is 21.4 Å². The number of aryl methyl sites for hydroxylation is 1. The Morgan fingerprint density at radius 3 is 2.81 bits per heavy atom. The first-order chi connectivity index (χ1) is 12.5. The second-order valence-electron chi connectivity index (χ2n) is 7.40. The van der Waals surface area contributed by atoms with Crippen LogP contribution in [0.1, 0.15) is 23.6 Å². The molecule has 4 heterocycles. The fourth-order valence-corrected chi connectivity index (χ4v) is 4.95. The Morgan fingerprint density at radius 2 is 2.04 bits per heavy atom. The Morgan fingerprint density at radius 1 is 1.23 bits per heavy atom. The van der Waals surface area contributed by atoms with E-state index in [-0.39, 0.29) is 35.1 Å². The van der Waals surface area contributed by atoms with Gasteiger partial charge in [-0.15, -0.1) is 0 Å². The van der Waals surface area contributed by atoms with Crippen LogP contribution in [0, 0.1) is 24.7 Å². The quantitative estimate of drug-likeness (QED) is 0.809. The largest absolute Gasteiger partial charge is 0.373 e. The number of hydrogen-bond donors (Lipinski definition) is 1. The van der Waals surface area contributed by atoms with Crippen molar-refractivity contribution in [2.24, 2.45) is 17.8 Å². The Labute approximate surface area is 161 Å². The van der Waals surface area contributed by atoms with E-state index in [0.717, 1.165) is 17.7 Å². The lowest BCUT2D eigenvalue weighted by molar-refractivity contribution is -0.122. The van der Waals surface area contributed by atoms with Gasteiger partial charge in [0.15, 0.2) is 0 Å². The Balaban J connectivity index is 1.45. The summed E-state index contributed by atoms with van der Waals surface area (Å²) in [7, 11) is 0. The van der Waals surface area contributed by atoms with Crippen LogP contribution in [0.25, 0.3) is 0 Å². The second-order valence-corrected chi connectivity index (χ2v) is 8.16. The number of nitrogens with one attached hydrogen (secondary N) is 1. The van der Waals surface area contributed by atoms with E-state index in [1.165, 1.54) is 6.20 Å². The van der Waals surface area contributed by atoms with Crippen molar-refractivity contribution >= 4 is 34.8 Å². The number of anilines is 1. The van der Waals surface area contributed by atoms with Crippen molar-refractivity contribution < 1.29 is 9.53 Å². The zero-order valence-electron chi connectivity index (χ0n) is 14.0. The van der Waals surface area contributed by atoms with Crippen LogP contribution in [-0.4, -0.2) is 28.1 Å². The van der Waals surface area contributed by atoms with Gasteiger partial charge in [0.2, 0.25) is 5.91 Å². The molecule has 2 saturated heterocycles. The fourth-order valence-electron chi connectivity index (χ4n) is 4.68. The van der Waals surface area contributed by atoms with Crippen LogP contribution >= 0.6 is 23.2 Å². The van der Waals surface area contributed by atoms with Crippen molar-refractivity contribution in [3.63, 3.8) is 0 Å². The number of carbonyl (C=O) groups excluding carboxylic acids is 1. The van der Waals surface area contributed by atoms with Crippen LogP contribution in [0.2, 0.25) is 10.2 Å². The van der Waals surface area contributed by atoms with Gasteiger partial charge < -0.3 is 10.1 Å². The molecule has 2 aromatic heterocycles. The van der Waals surface area contributed by atoms with Crippen LogP contribution < -0.4 is 5.32 Å². The molecule has 2 bridgehead atoms. The van der Waals surface area contributed by atoms with Crippen molar-refractivity contribution in [3.8, 4) is 0 Å². The van der Waals surface area contributed by atoms with E-state index in [1.807, 2.05) is 13.0 Å². The molecule has 134 valence electrons. The smallest absolute Gasteiger partial charge is 0.230 e. The number of pyridine rings is 2. The van der Waals surface area contributed by atoms with Gasteiger partial charge in [0, 0.05) is 17.8 Å². The lowest BCUT2D eigenvalue weighted by atomic mass is 9.75. The summed E-state index contributed by atoms with van der Waals surface area (Å²) in [6, 6.07) is 5.68. The Hall–Kier alpha value is -1.69. The average Bonchev–Trinajstić information content (AvgIpc) is 3.22. The number of carbonyl (C=O) groups is 1. The van der Waals surface area contributed by atoms with Gasteiger partial charge in [-0.1, -0.05) is 23.2 Å². The average molecular weight is 390 g/mol. The normalized spacial score (nSPS) is 33.8. The Kier molecular flexibility index (Phi) is 3.75. The number of halogens is 2. The molecule has 26 heavy (non-hydrogen) atoms. The third-order valence-corrected chi connectivity index (χ3v) is 6.50. The molecule has 1 N–H and O–H groups in total. The summed E-state index contributed by atoms with van der Waals surface area (Å²) in [6.07, 6.45) is 4.59. The maximum absolute atomic E-state index is 13.1. The molecule has 6 unspecified atom stereocenters. The highest BCUT2D eigenvalue weighted by Gasteiger charge is 2.68. The lowest BCUT2D eigenvalue weighted by Gasteiger charge is -2.27. The molecule has 5 rings (SSSR count). The molecule has 0 spiro atoms. The van der Waals surface area contributed by atoms with Gasteiger partial charge in [-0.25, -0.2) is 4.98 Å². The van der Waals surface area contributed by atoms with Crippen molar-refractivity contribution in [2.45, 2.75) is 31.5 Å². The van der Waals surface area contributed by atoms with Crippen molar-refractivity contribution in [1.82, 2.24) is 9.97 Å². The van der Waals surface area contributed by atoms with Crippen LogP contribution in [0.4, 0.5) is 5.69 Å². The minimum Gasteiger partial charge on any atom is -0.373 e. The number of hydrogen-bond acceptors (Lipinski definition) is 4. The first kappa shape index (κ1) is 16.5. The molecule has 3 aliphatic rings. The predicted molar refractivity (Wildman–Crippen MR) is 98.3 cm³/mol. The molecule has 5 nitrogen and oxygen atoms in total. The first-order valence-corrected chi connectivity index (χ1v) is 9.48. The summed E-state index contributed by atoms with van der Waals surface area (Å²) in [6.45, 7) is 1.97. The molecule has 2 aliphatic heterocycles. The molecule has 1 saturated carbocycles. The molecule has 1 amide bonds. The van der Waals surface area contributed by atoms with E-state index in [9.17, 15) is 4.79 Å². The number of amides is 1. The van der Waals surface area contributed by atoms with Gasteiger partial charge in [0.25, 0.3) is 0 Å². The maximum Gasteiger partial charge on any atom is 0.230 e. The topological polar surface area (TPSA) is 64.1 Å². The summed E-state index contributed by atoms with van der Waals surface area (Å²) in [5.41, 5.74) is 2.62. The third-order valence-electron chi connectivity index (χ3n) is 5.82. The molecule has 0 radical (unpaired) electrons. The van der Waals surface area contributed by atoms with Crippen LogP contribution in [0.15, 0.2) is 30.6 Å². The summed E-state index contributed by atoms with van der Waals surface area (Å²) in [4.78, 5) is 21.4. The minimum absolute atomic E-state index is 0.0146. The van der Waals surface area contributed by atoms with Crippen molar-refractivity contribution in [2.75, 3.05) is 5.32 Å². The van der Waals surface area contributed by atoms with Gasteiger partial charge in [0.1, 0.15) is 5.15 Å². The molecular formula is C19H17Cl2N3O2. The number of nitrogens with zero attached hydrogens (tertiary/aromatic N) is 2. The van der Waals surface area contributed by atoms with Crippen LogP contribution in [0.3, 0.4) is 0 Å². The van der Waals surface area contributed by atoms with Crippen molar-refractivity contribution in [1.29, 1.82) is 0 Å². The Bertz CT molecular complexity index is 906. The first-order valence-electron chi connectivity index (χ1n) is 8.73. The maximum atomic E-state index is 13.1. The summed E-state index contributed by atoms with van der Waals surface area (Å²) in [5, 5.41) is 3.49. The number of ether oxygens (including phenoxy) is 1. The van der Waals surface area contributed by atoms with E-state index in [4.69, 9.17) is 27.9 Å². The fraction of sp³-hybridized carbons (Fsp3) is 0.421. The number of fused-ring (bicyclic) bond motifs is 5. The molecule has 2 aromatic rings. The van der Waals surface area contributed by atoms with Gasteiger partial charge in [-0.05, 0) is 48.9 Å². The molecule has 7 heteroatoms. The lowest BCUT2D eigenvalue weighted by Crippen LogP contribution is -2.37. The van der Waals surface area contributed by atoms with E-state index >= 15 is 0 Å². The number of aromatic nitrogens is 2. The summed E-state index contributed by atoms with van der Waals surface area (Å²) in [5.74, 6) is 0.889. The van der Waals surface area contributed by atoms with Gasteiger partial charge >= 0.3 is 0 Å². The minimum atomic E-state index is -0.222. The van der Waals surface area contributed by atoms with Gasteiger partial charge in [-0.3, -0.25) is 9.78 Å². The zero-order valence-corrected chi connectivity index (χ0v) is 15.5. The highest BCUT2D eigenvalue weighted by atomic mass is 35.5. The molecule has 1 aliphatic carbocycles. The third kappa shape index (κ3) is 2.53. The SMILES string of the molecule is Cc1cc(C2C3OC(C4CC43)C2C(=O)Nc2cnc(Cl)c(Cl)c2)ccn1. The summed E-state index contributed by atoms with van der Waals surface area (Å²) < 4.78 is 6.21. The van der Waals surface area contributed by atoms with Crippen molar-refractivity contribution in [3.05, 3.63) is 52.0 Å².